The molecular weight excluding hydrogens is 432 g/mol. The number of rotatable bonds is 5. The molecule has 1 aromatic carbocycles. The Labute approximate surface area is 167 Å². The first-order valence-corrected chi connectivity index (χ1v) is 9.89. The Bertz CT molecular complexity index is 1110. The summed E-state index contributed by atoms with van der Waals surface area (Å²) in [7, 11) is 0. The third-order valence-electron chi connectivity index (χ3n) is 3.93. The second kappa shape index (κ2) is 7.24. The van der Waals surface area contributed by atoms with Crippen LogP contribution < -0.4 is 0 Å². The average molecular weight is 447 g/mol. The number of carbonyl (C=O) groups is 1. The second-order valence-electron chi connectivity index (χ2n) is 5.84. The molecular formula is C18H15BrN4O3S. The molecule has 0 saturated heterocycles. The molecule has 27 heavy (non-hydrogen) atoms. The monoisotopic (exact) mass is 446 g/mol. The number of benzene rings is 1. The fraction of sp³-hybridized carbons (Fsp3) is 0.222. The van der Waals surface area contributed by atoms with Crippen LogP contribution in [-0.4, -0.2) is 25.6 Å². The molecule has 0 aliphatic rings. The van der Waals surface area contributed by atoms with Gasteiger partial charge in [-0.05, 0) is 37.6 Å². The third-order valence-corrected chi connectivity index (χ3v) is 5.35. The normalized spacial score (nSPS) is 11.2. The zero-order valence-corrected chi connectivity index (χ0v) is 17.0. The lowest BCUT2D eigenvalue weighted by atomic mass is 10.2. The smallest absolute Gasteiger partial charge is 0.357 e. The van der Waals surface area contributed by atoms with Crippen LogP contribution in [0.15, 0.2) is 39.4 Å². The molecule has 0 saturated carbocycles. The summed E-state index contributed by atoms with van der Waals surface area (Å²) in [5.74, 6) is 0.158. The molecule has 4 rings (SSSR count). The van der Waals surface area contributed by atoms with Crippen LogP contribution in [0.2, 0.25) is 0 Å². The molecule has 9 heteroatoms. The predicted octanol–water partition coefficient (Wildman–Crippen LogP) is 4.44. The van der Waals surface area contributed by atoms with Crippen molar-refractivity contribution in [2.45, 2.75) is 26.9 Å². The second-order valence-corrected chi connectivity index (χ2v) is 7.97. The first kappa shape index (κ1) is 17.9. The number of nitrogens with zero attached hydrogens (tertiary/aromatic N) is 4. The number of esters is 1. The van der Waals surface area contributed by atoms with Crippen molar-refractivity contribution in [3.63, 3.8) is 0 Å². The fourth-order valence-electron chi connectivity index (χ4n) is 2.68. The van der Waals surface area contributed by atoms with Crippen LogP contribution in [0.1, 0.15) is 33.9 Å². The van der Waals surface area contributed by atoms with E-state index in [2.05, 4.69) is 31.1 Å². The predicted molar refractivity (Wildman–Crippen MR) is 104 cm³/mol. The molecule has 0 radical (unpaired) electrons. The van der Waals surface area contributed by atoms with E-state index in [1.807, 2.05) is 44.3 Å². The Balaban J connectivity index is 1.51. The van der Waals surface area contributed by atoms with Crippen LogP contribution in [0, 0.1) is 6.92 Å². The molecule has 0 aliphatic carbocycles. The number of hydrogen-bond acceptors (Lipinski definition) is 7. The average Bonchev–Trinajstić information content (AvgIpc) is 3.34. The highest BCUT2D eigenvalue weighted by Crippen LogP contribution is 2.23. The molecule has 138 valence electrons. The van der Waals surface area contributed by atoms with E-state index in [4.69, 9.17) is 9.15 Å². The summed E-state index contributed by atoms with van der Waals surface area (Å²) in [6.07, 6.45) is 2.53. The minimum absolute atomic E-state index is 0.0954. The number of carbonyl (C=O) groups excluding carboxylic acids is 1. The summed E-state index contributed by atoms with van der Waals surface area (Å²) in [5, 5.41) is 7.96. The summed E-state index contributed by atoms with van der Waals surface area (Å²) in [4.78, 5) is 19.0. The van der Waals surface area contributed by atoms with Gasteiger partial charge >= 0.3 is 5.97 Å². The highest BCUT2D eigenvalue weighted by Gasteiger charge is 2.22. The van der Waals surface area contributed by atoms with Gasteiger partial charge in [0.25, 0.3) is 5.89 Å². The lowest BCUT2D eigenvalue weighted by Crippen LogP contribution is -2.10. The zero-order chi connectivity index (χ0) is 19.0. The maximum absolute atomic E-state index is 12.6. The van der Waals surface area contributed by atoms with Crippen LogP contribution >= 0.6 is 27.3 Å². The standard InChI is InChI=1S/C18H15BrN4O3S/c1-3-13-15(23-8-10(2)27-18(23)20-13)17(24)25-9-14-21-22-16(26-14)11-4-6-12(19)7-5-11/h4-8H,3,9H2,1-2H3. The summed E-state index contributed by atoms with van der Waals surface area (Å²) in [6, 6.07) is 7.50. The van der Waals surface area contributed by atoms with E-state index < -0.39 is 5.97 Å². The van der Waals surface area contributed by atoms with Gasteiger partial charge in [-0.1, -0.05) is 22.9 Å². The molecule has 0 N–H and O–H groups in total. The highest BCUT2D eigenvalue weighted by molar-refractivity contribution is 9.10. The summed E-state index contributed by atoms with van der Waals surface area (Å²) >= 11 is 4.92. The quantitative estimate of drug-likeness (QED) is 0.421. The Morgan fingerprint density at radius 1 is 1.30 bits per heavy atom. The number of halogens is 1. The minimum atomic E-state index is -0.458. The van der Waals surface area contributed by atoms with Crippen LogP contribution in [0.4, 0.5) is 0 Å². The van der Waals surface area contributed by atoms with Crippen LogP contribution in [0.25, 0.3) is 16.4 Å². The molecule has 0 atom stereocenters. The third kappa shape index (κ3) is 3.52. The molecule has 3 aromatic heterocycles. The topological polar surface area (TPSA) is 82.5 Å². The fourth-order valence-corrected chi connectivity index (χ4v) is 3.79. The molecule has 3 heterocycles. The number of imidazole rings is 1. The van der Waals surface area contributed by atoms with E-state index in [0.717, 1.165) is 19.9 Å². The van der Waals surface area contributed by atoms with Crippen molar-refractivity contribution in [2.24, 2.45) is 0 Å². The van der Waals surface area contributed by atoms with Crippen LogP contribution in [-0.2, 0) is 17.8 Å². The van der Waals surface area contributed by atoms with Crippen molar-refractivity contribution in [1.82, 2.24) is 19.6 Å². The molecule has 0 amide bonds. The van der Waals surface area contributed by atoms with Crippen molar-refractivity contribution in [3.05, 3.63) is 57.1 Å². The van der Waals surface area contributed by atoms with Crippen LogP contribution in [0.3, 0.4) is 0 Å². The van der Waals surface area contributed by atoms with Gasteiger partial charge in [0, 0.05) is 21.1 Å². The summed E-state index contributed by atoms with van der Waals surface area (Å²) in [6.45, 7) is 3.84. The molecule has 7 nitrogen and oxygen atoms in total. The molecule has 0 unspecified atom stereocenters. The lowest BCUT2D eigenvalue weighted by Gasteiger charge is -2.03. The van der Waals surface area contributed by atoms with Gasteiger partial charge in [0.15, 0.2) is 17.3 Å². The Morgan fingerprint density at radius 2 is 2.07 bits per heavy atom. The van der Waals surface area contributed by atoms with E-state index in [9.17, 15) is 4.79 Å². The maximum atomic E-state index is 12.6. The molecule has 0 fully saturated rings. The first-order valence-electron chi connectivity index (χ1n) is 8.28. The van der Waals surface area contributed by atoms with Gasteiger partial charge in [0.2, 0.25) is 5.89 Å². The largest absolute Gasteiger partial charge is 0.451 e. The SMILES string of the molecule is CCc1nc2sc(C)cn2c1C(=O)OCc1nnc(-c2ccc(Br)cc2)o1. The molecule has 0 aliphatic heterocycles. The van der Waals surface area contributed by atoms with Gasteiger partial charge in [-0.3, -0.25) is 4.40 Å². The van der Waals surface area contributed by atoms with Crippen molar-refractivity contribution >= 4 is 38.2 Å². The Kier molecular flexibility index (Phi) is 4.79. The first-order chi connectivity index (χ1) is 13.0. The number of aromatic nitrogens is 4. The molecule has 0 bridgehead atoms. The van der Waals surface area contributed by atoms with Crippen molar-refractivity contribution in [3.8, 4) is 11.5 Å². The summed E-state index contributed by atoms with van der Waals surface area (Å²) < 4.78 is 13.7. The van der Waals surface area contributed by atoms with Crippen molar-refractivity contribution in [2.75, 3.05) is 0 Å². The summed E-state index contributed by atoms with van der Waals surface area (Å²) in [5.41, 5.74) is 1.96. The van der Waals surface area contributed by atoms with Gasteiger partial charge in [-0.25, -0.2) is 9.78 Å². The van der Waals surface area contributed by atoms with Crippen molar-refractivity contribution < 1.29 is 13.9 Å². The van der Waals surface area contributed by atoms with Crippen LogP contribution in [0.5, 0.6) is 0 Å². The number of aryl methyl sites for hydroxylation is 2. The van der Waals surface area contributed by atoms with E-state index in [0.29, 0.717) is 23.7 Å². The Morgan fingerprint density at radius 3 is 2.81 bits per heavy atom. The van der Waals surface area contributed by atoms with E-state index in [-0.39, 0.29) is 12.5 Å². The van der Waals surface area contributed by atoms with Gasteiger partial charge in [-0.2, -0.15) is 0 Å². The number of thiazole rings is 1. The highest BCUT2D eigenvalue weighted by atomic mass is 79.9. The molecule has 4 aromatic rings. The van der Waals surface area contributed by atoms with Gasteiger partial charge < -0.3 is 9.15 Å². The van der Waals surface area contributed by atoms with Gasteiger partial charge in [0.1, 0.15) is 0 Å². The Hall–Kier alpha value is -2.52. The van der Waals surface area contributed by atoms with E-state index in [1.165, 1.54) is 11.3 Å². The zero-order valence-electron chi connectivity index (χ0n) is 14.6. The van der Waals surface area contributed by atoms with Crippen molar-refractivity contribution in [1.29, 1.82) is 0 Å². The van der Waals surface area contributed by atoms with E-state index in [1.54, 1.807) is 4.40 Å². The number of ether oxygens (including phenoxy) is 1. The number of fused-ring (bicyclic) bond motifs is 1. The van der Waals surface area contributed by atoms with Gasteiger partial charge in [-0.15, -0.1) is 21.5 Å². The maximum Gasteiger partial charge on any atom is 0.357 e. The van der Waals surface area contributed by atoms with Gasteiger partial charge in [0.05, 0.1) is 5.69 Å². The molecule has 0 spiro atoms. The minimum Gasteiger partial charge on any atom is -0.451 e. The lowest BCUT2D eigenvalue weighted by molar-refractivity contribution is 0.0429. The number of hydrogen-bond donors (Lipinski definition) is 0. The van der Waals surface area contributed by atoms with E-state index >= 15 is 0 Å².